The number of carbonyl (C=O) groups is 1. The Labute approximate surface area is 208 Å². The molecule has 2 aromatic heterocycles. The van der Waals surface area contributed by atoms with Crippen molar-refractivity contribution in [2.75, 3.05) is 29.9 Å². The number of nitrogens with zero attached hydrogens (tertiary/aromatic N) is 3. The van der Waals surface area contributed by atoms with Crippen molar-refractivity contribution in [1.82, 2.24) is 19.9 Å². The Morgan fingerprint density at radius 2 is 1.97 bits per heavy atom. The molecule has 2 aromatic carbocycles. The van der Waals surface area contributed by atoms with Gasteiger partial charge in [-0.3, -0.25) is 9.69 Å². The summed E-state index contributed by atoms with van der Waals surface area (Å²) in [5, 5.41) is 2.70. The van der Waals surface area contributed by atoms with Crippen molar-refractivity contribution in [3.05, 3.63) is 79.1 Å². The molecule has 3 heterocycles. The largest absolute Gasteiger partial charge is 0.437 e. The van der Waals surface area contributed by atoms with Gasteiger partial charge in [0, 0.05) is 43.1 Å². The van der Waals surface area contributed by atoms with E-state index in [9.17, 15) is 13.2 Å². The maximum atomic E-state index is 11.7. The van der Waals surface area contributed by atoms with Crippen molar-refractivity contribution in [2.24, 2.45) is 0 Å². The predicted octanol–water partition coefficient (Wildman–Crippen LogP) is 3.77. The highest BCUT2D eigenvalue weighted by atomic mass is 32.2. The third-order valence-electron chi connectivity index (χ3n) is 5.95. The number of rotatable bonds is 7. The molecule has 1 saturated heterocycles. The molecule has 5 rings (SSSR count). The highest BCUT2D eigenvalue weighted by Gasteiger charge is 2.21. The van der Waals surface area contributed by atoms with Gasteiger partial charge in [0.05, 0.1) is 17.7 Å². The Hall–Kier alpha value is -4.02. The van der Waals surface area contributed by atoms with Gasteiger partial charge in [0.25, 0.3) is 0 Å². The van der Waals surface area contributed by atoms with Crippen molar-refractivity contribution in [3.8, 4) is 22.8 Å². The zero-order chi connectivity index (χ0) is 25.1. The van der Waals surface area contributed by atoms with Crippen LogP contribution in [-0.2, 0) is 21.2 Å². The number of anilines is 1. The number of H-pyrrole nitrogens is 1. The van der Waals surface area contributed by atoms with Gasteiger partial charge in [-0.05, 0) is 35.4 Å². The maximum Gasteiger partial charge on any atom is 0.247 e. The molecule has 1 fully saturated rings. The molecule has 36 heavy (non-hydrogen) atoms. The van der Waals surface area contributed by atoms with Gasteiger partial charge in [-0.25, -0.2) is 18.4 Å². The van der Waals surface area contributed by atoms with Gasteiger partial charge in [-0.15, -0.1) is 0 Å². The first kappa shape index (κ1) is 23.7. The molecule has 0 spiro atoms. The van der Waals surface area contributed by atoms with E-state index in [0.717, 1.165) is 16.7 Å². The molecule has 0 radical (unpaired) electrons. The molecular weight excluding hydrogens is 478 g/mol. The number of carbonyl (C=O) groups excluding carboxylic acids is 1. The first-order valence-electron chi connectivity index (χ1n) is 11.5. The van der Waals surface area contributed by atoms with Crippen molar-refractivity contribution in [3.63, 3.8) is 0 Å². The molecule has 0 unspecified atom stereocenters. The number of amides is 1. The van der Waals surface area contributed by atoms with Crippen LogP contribution in [-0.4, -0.2) is 58.8 Å². The molecule has 1 aliphatic rings. The summed E-state index contributed by atoms with van der Waals surface area (Å²) >= 11 is 0. The zero-order valence-corrected chi connectivity index (χ0v) is 20.3. The number of ether oxygens (including phenoxy) is 1. The molecule has 0 atom stereocenters. The summed E-state index contributed by atoms with van der Waals surface area (Å²) in [6, 6.07) is 15.1. The van der Waals surface area contributed by atoms with Gasteiger partial charge in [-0.2, -0.15) is 0 Å². The SMILES string of the molecule is C=CC(=O)Nc1cccc(Oc2cnc3[nH]cc(-c4cccc(CN5CCS(=O)(=O)CC5)c4)c3n2)c1. The first-order valence-corrected chi connectivity index (χ1v) is 13.3. The van der Waals surface area contributed by atoms with Crippen LogP contribution < -0.4 is 10.1 Å². The monoisotopic (exact) mass is 503 g/mol. The number of nitrogens with one attached hydrogen (secondary N) is 2. The third kappa shape index (κ3) is 5.45. The lowest BCUT2D eigenvalue weighted by Crippen LogP contribution is -2.39. The smallest absolute Gasteiger partial charge is 0.247 e. The third-order valence-corrected chi connectivity index (χ3v) is 7.56. The van der Waals surface area contributed by atoms with Crippen LogP contribution in [0.25, 0.3) is 22.3 Å². The quantitative estimate of drug-likeness (QED) is 0.369. The van der Waals surface area contributed by atoms with Crippen LogP contribution in [0.1, 0.15) is 5.56 Å². The fraction of sp³-hybridized carbons (Fsp3) is 0.192. The lowest BCUT2D eigenvalue weighted by molar-refractivity contribution is -0.111. The van der Waals surface area contributed by atoms with Gasteiger partial charge in [0.2, 0.25) is 11.8 Å². The summed E-state index contributed by atoms with van der Waals surface area (Å²) in [5.41, 5.74) is 4.85. The first-order chi connectivity index (χ1) is 17.4. The molecule has 9 nitrogen and oxygen atoms in total. The van der Waals surface area contributed by atoms with Crippen molar-refractivity contribution in [2.45, 2.75) is 6.54 Å². The molecule has 0 saturated carbocycles. The molecule has 184 valence electrons. The number of hydrogen-bond donors (Lipinski definition) is 2. The molecule has 2 N–H and O–H groups in total. The standard InChI is InChI=1S/C26H25N5O4S/c1-2-23(32)29-20-7-4-8-21(14-20)35-24-16-28-26-25(30-24)22(15-27-26)19-6-3-5-18(13-19)17-31-9-11-36(33,34)12-10-31/h2-8,13-16H,1,9-12,17H2,(H,27,28)(H,29,32). The van der Waals surface area contributed by atoms with Crippen LogP contribution in [0.15, 0.2) is 73.6 Å². The van der Waals surface area contributed by atoms with E-state index in [2.05, 4.69) is 37.8 Å². The Balaban J connectivity index is 1.36. The number of benzene rings is 2. The minimum Gasteiger partial charge on any atom is -0.437 e. The van der Waals surface area contributed by atoms with E-state index in [1.165, 1.54) is 6.08 Å². The van der Waals surface area contributed by atoms with Gasteiger partial charge in [0.1, 0.15) is 11.3 Å². The van der Waals surface area contributed by atoms with E-state index in [1.54, 1.807) is 30.5 Å². The van der Waals surface area contributed by atoms with Gasteiger partial charge < -0.3 is 15.0 Å². The van der Waals surface area contributed by atoms with Crippen LogP contribution in [0.3, 0.4) is 0 Å². The minimum atomic E-state index is -2.91. The van der Waals surface area contributed by atoms with Gasteiger partial charge >= 0.3 is 0 Å². The van der Waals surface area contributed by atoms with E-state index in [4.69, 9.17) is 4.74 Å². The lowest BCUT2D eigenvalue weighted by atomic mass is 10.0. The molecule has 0 bridgehead atoms. The second-order valence-electron chi connectivity index (χ2n) is 8.56. The molecule has 4 aromatic rings. The van der Waals surface area contributed by atoms with E-state index in [-0.39, 0.29) is 17.4 Å². The Bertz CT molecular complexity index is 1530. The van der Waals surface area contributed by atoms with Crippen molar-refractivity contribution >= 4 is 32.6 Å². The molecule has 1 aliphatic heterocycles. The number of aromatic amines is 1. The van der Waals surface area contributed by atoms with Crippen LogP contribution in [0, 0.1) is 0 Å². The second-order valence-corrected chi connectivity index (χ2v) is 10.9. The Kier molecular flexibility index (Phi) is 6.53. The topological polar surface area (TPSA) is 117 Å². The fourth-order valence-corrected chi connectivity index (χ4v) is 5.38. The summed E-state index contributed by atoms with van der Waals surface area (Å²) in [7, 11) is -2.91. The maximum absolute atomic E-state index is 11.7. The highest BCUT2D eigenvalue weighted by molar-refractivity contribution is 7.91. The summed E-state index contributed by atoms with van der Waals surface area (Å²) in [4.78, 5) is 26.0. The highest BCUT2D eigenvalue weighted by Crippen LogP contribution is 2.30. The zero-order valence-electron chi connectivity index (χ0n) is 19.5. The van der Waals surface area contributed by atoms with E-state index in [0.29, 0.717) is 48.1 Å². The summed E-state index contributed by atoms with van der Waals surface area (Å²) in [5.74, 6) is 0.931. The fourth-order valence-electron chi connectivity index (χ4n) is 4.10. The molecule has 10 heteroatoms. The molecule has 1 amide bonds. The number of fused-ring (bicyclic) bond motifs is 1. The Morgan fingerprint density at radius 3 is 2.78 bits per heavy atom. The van der Waals surface area contributed by atoms with Crippen LogP contribution in [0.4, 0.5) is 5.69 Å². The number of aromatic nitrogens is 3. The summed E-state index contributed by atoms with van der Waals surface area (Å²) in [6.07, 6.45) is 4.61. The van der Waals surface area contributed by atoms with Crippen LogP contribution in [0.5, 0.6) is 11.6 Å². The van der Waals surface area contributed by atoms with Crippen LogP contribution in [0.2, 0.25) is 0 Å². The van der Waals surface area contributed by atoms with Crippen LogP contribution >= 0.6 is 0 Å². The minimum absolute atomic E-state index is 0.205. The van der Waals surface area contributed by atoms with Gasteiger partial charge in [0.15, 0.2) is 15.5 Å². The Morgan fingerprint density at radius 1 is 1.17 bits per heavy atom. The van der Waals surface area contributed by atoms with E-state index in [1.807, 2.05) is 24.4 Å². The number of sulfone groups is 1. The van der Waals surface area contributed by atoms with E-state index >= 15 is 0 Å². The summed E-state index contributed by atoms with van der Waals surface area (Å²) in [6.45, 7) is 5.23. The van der Waals surface area contributed by atoms with Crippen molar-refractivity contribution in [1.29, 1.82) is 0 Å². The lowest BCUT2D eigenvalue weighted by Gasteiger charge is -2.26. The average Bonchev–Trinajstić information content (AvgIpc) is 3.29. The second kappa shape index (κ2) is 9.92. The normalized spacial score (nSPS) is 15.4. The van der Waals surface area contributed by atoms with Crippen molar-refractivity contribution < 1.29 is 17.9 Å². The van der Waals surface area contributed by atoms with E-state index < -0.39 is 9.84 Å². The summed E-state index contributed by atoms with van der Waals surface area (Å²) < 4.78 is 29.4. The predicted molar refractivity (Wildman–Crippen MR) is 139 cm³/mol. The molecular formula is C26H25N5O4S. The average molecular weight is 504 g/mol. The number of hydrogen-bond acceptors (Lipinski definition) is 7. The molecule has 0 aliphatic carbocycles. The van der Waals surface area contributed by atoms with Gasteiger partial charge in [-0.1, -0.05) is 30.8 Å².